The number of halogens is 1. The maximum Gasteiger partial charge on any atom is 0.249 e. The number of benzene rings is 3. The molecule has 0 radical (unpaired) electrons. The number of likely N-dealkylation sites (tertiary alicyclic amines) is 1. The zero-order valence-electron chi connectivity index (χ0n) is 32.0. The SMILES string of the molecule is COc1cc(N2CCN(C(=O)CN3CCC(c4ccc(NC5CCC(=O)NC5=O)cc4)CC3)CC2)c(NC(C)=O)cc1Nc1ncc(Cl)c(Nc2ccccc2)n1. The van der Waals surface area contributed by atoms with Gasteiger partial charge in [0.2, 0.25) is 29.6 Å². The highest BCUT2D eigenvalue weighted by atomic mass is 35.5. The molecule has 0 aliphatic carbocycles. The van der Waals surface area contributed by atoms with Crippen LogP contribution in [0.2, 0.25) is 5.02 Å². The number of methoxy groups -OCH3 is 1. The number of rotatable bonds is 12. The number of anilines is 7. The van der Waals surface area contributed by atoms with Gasteiger partial charge >= 0.3 is 0 Å². The average Bonchev–Trinajstić information content (AvgIpc) is 3.21. The number of carbonyl (C=O) groups is 4. The number of ether oxygens (including phenoxy) is 1. The summed E-state index contributed by atoms with van der Waals surface area (Å²) >= 11 is 6.40. The van der Waals surface area contributed by atoms with Crippen LogP contribution in [0.5, 0.6) is 5.75 Å². The topological polar surface area (TPSA) is 173 Å². The molecule has 0 bridgehead atoms. The van der Waals surface area contributed by atoms with Crippen molar-refractivity contribution >= 4 is 75.4 Å². The Morgan fingerprint density at radius 2 is 1.63 bits per heavy atom. The van der Waals surface area contributed by atoms with Gasteiger partial charge in [-0.15, -0.1) is 0 Å². The first kappa shape index (κ1) is 39.3. The molecule has 1 aromatic heterocycles. The number of hydrogen-bond acceptors (Lipinski definition) is 12. The maximum atomic E-state index is 13.5. The Morgan fingerprint density at radius 3 is 2.32 bits per heavy atom. The van der Waals surface area contributed by atoms with E-state index < -0.39 is 6.04 Å². The first-order valence-corrected chi connectivity index (χ1v) is 19.6. The molecule has 3 aliphatic heterocycles. The van der Waals surface area contributed by atoms with Crippen LogP contribution >= 0.6 is 11.6 Å². The molecule has 16 heteroatoms. The van der Waals surface area contributed by atoms with Crippen LogP contribution in [0.15, 0.2) is 72.9 Å². The maximum absolute atomic E-state index is 13.5. The second-order valence-corrected chi connectivity index (χ2v) is 14.9. The Hall–Kier alpha value is -5.93. The van der Waals surface area contributed by atoms with Crippen LogP contribution in [0.25, 0.3) is 0 Å². The van der Waals surface area contributed by atoms with E-state index in [1.165, 1.54) is 18.7 Å². The summed E-state index contributed by atoms with van der Waals surface area (Å²) in [7, 11) is 1.58. The molecular weight excluding hydrogens is 748 g/mol. The lowest BCUT2D eigenvalue weighted by atomic mass is 9.89. The Morgan fingerprint density at radius 1 is 0.895 bits per heavy atom. The van der Waals surface area contributed by atoms with Gasteiger partial charge in [0.15, 0.2) is 5.82 Å². The number of nitrogens with one attached hydrogen (secondary N) is 5. The fourth-order valence-electron chi connectivity index (χ4n) is 7.48. The number of aromatic nitrogens is 2. The lowest BCUT2D eigenvalue weighted by molar-refractivity contribution is -0.134. The van der Waals surface area contributed by atoms with Crippen LogP contribution in [0.4, 0.5) is 40.2 Å². The molecule has 1 atom stereocenters. The standard InChI is InChI=1S/C41H47ClN10O5/c1-26(53)44-33-22-34(47-41-43-24-31(42)39(49-41)46-29-6-4-3-5-7-29)36(57-2)23-35(33)51-18-20-52(21-19-51)38(55)25-50-16-14-28(15-17-50)27-8-10-30(11-9-27)45-32-12-13-37(54)48-40(32)56/h3-11,22-24,28,32,45H,12-21,25H2,1-2H3,(H,44,53)(H,48,54,56)(H2,43,46,47,49). The molecule has 3 fully saturated rings. The Kier molecular flexibility index (Phi) is 12.3. The first-order chi connectivity index (χ1) is 27.6. The minimum absolute atomic E-state index is 0.111. The van der Waals surface area contributed by atoms with E-state index in [4.69, 9.17) is 16.3 Å². The van der Waals surface area contributed by atoms with E-state index in [1.54, 1.807) is 13.2 Å². The first-order valence-electron chi connectivity index (χ1n) is 19.2. The van der Waals surface area contributed by atoms with Gasteiger partial charge in [-0.3, -0.25) is 29.4 Å². The van der Waals surface area contributed by atoms with Gasteiger partial charge in [0.05, 0.1) is 36.9 Å². The zero-order chi connectivity index (χ0) is 39.9. The number of carbonyl (C=O) groups excluding carboxylic acids is 4. The van der Waals surface area contributed by atoms with E-state index in [9.17, 15) is 19.2 Å². The molecular formula is C41H47ClN10O5. The number of nitrogens with zero attached hydrogens (tertiary/aromatic N) is 5. The minimum Gasteiger partial charge on any atom is -0.494 e. The number of piperazine rings is 1. The van der Waals surface area contributed by atoms with Gasteiger partial charge in [-0.05, 0) is 74.2 Å². The molecule has 3 aromatic carbocycles. The molecule has 4 aromatic rings. The predicted molar refractivity (Wildman–Crippen MR) is 221 cm³/mol. The van der Waals surface area contributed by atoms with Gasteiger partial charge < -0.3 is 35.8 Å². The number of hydrogen-bond donors (Lipinski definition) is 5. The molecule has 4 amide bonds. The Balaban J connectivity index is 0.924. The van der Waals surface area contributed by atoms with E-state index in [2.05, 4.69) is 58.5 Å². The largest absolute Gasteiger partial charge is 0.494 e. The second-order valence-electron chi connectivity index (χ2n) is 14.4. The van der Waals surface area contributed by atoms with E-state index in [0.717, 1.165) is 43.0 Å². The lowest BCUT2D eigenvalue weighted by Crippen LogP contribution is -2.52. The Labute approximate surface area is 336 Å². The minimum atomic E-state index is -0.410. The number of amides is 4. The number of piperidine rings is 2. The van der Waals surface area contributed by atoms with Gasteiger partial charge in [-0.2, -0.15) is 4.98 Å². The average molecular weight is 795 g/mol. The van der Waals surface area contributed by atoms with Gasteiger partial charge in [0.1, 0.15) is 16.8 Å². The fraction of sp³-hybridized carbons (Fsp3) is 0.366. The molecule has 57 heavy (non-hydrogen) atoms. The van der Waals surface area contributed by atoms with Crippen molar-refractivity contribution in [3.05, 3.63) is 83.5 Å². The summed E-state index contributed by atoms with van der Waals surface area (Å²) < 4.78 is 5.78. The summed E-state index contributed by atoms with van der Waals surface area (Å²) in [4.78, 5) is 64.6. The van der Waals surface area contributed by atoms with Gasteiger partial charge in [0, 0.05) is 57.0 Å². The fourth-order valence-corrected chi connectivity index (χ4v) is 7.62. The molecule has 3 aliphatic rings. The van der Waals surface area contributed by atoms with Crippen LogP contribution in [-0.2, 0) is 19.2 Å². The van der Waals surface area contributed by atoms with Gasteiger partial charge in [-0.1, -0.05) is 41.9 Å². The smallest absolute Gasteiger partial charge is 0.249 e. The molecule has 0 spiro atoms. The van der Waals surface area contributed by atoms with Crippen LogP contribution in [0.3, 0.4) is 0 Å². The second kappa shape index (κ2) is 17.9. The third-order valence-corrected chi connectivity index (χ3v) is 10.8. The predicted octanol–water partition coefficient (Wildman–Crippen LogP) is 5.33. The van der Waals surface area contributed by atoms with Gasteiger partial charge in [-0.25, -0.2) is 4.98 Å². The molecule has 15 nitrogen and oxygen atoms in total. The molecule has 3 saturated heterocycles. The zero-order valence-corrected chi connectivity index (χ0v) is 32.8. The van der Waals surface area contributed by atoms with E-state index >= 15 is 0 Å². The van der Waals surface area contributed by atoms with Crippen molar-refractivity contribution < 1.29 is 23.9 Å². The van der Waals surface area contributed by atoms with Crippen molar-refractivity contribution in [3.63, 3.8) is 0 Å². The lowest BCUT2D eigenvalue weighted by Gasteiger charge is -2.38. The van der Waals surface area contributed by atoms with Crippen molar-refractivity contribution in [2.24, 2.45) is 0 Å². The number of para-hydroxylation sites is 1. The summed E-state index contributed by atoms with van der Waals surface area (Å²) in [5.74, 6) is 1.01. The molecule has 298 valence electrons. The van der Waals surface area contributed by atoms with Crippen molar-refractivity contribution in [3.8, 4) is 5.75 Å². The monoisotopic (exact) mass is 794 g/mol. The third-order valence-electron chi connectivity index (χ3n) is 10.5. The van der Waals surface area contributed by atoms with Crippen LogP contribution in [-0.4, -0.2) is 102 Å². The highest BCUT2D eigenvalue weighted by Gasteiger charge is 2.29. The van der Waals surface area contributed by atoms with Crippen molar-refractivity contribution in [2.45, 2.75) is 44.6 Å². The highest BCUT2D eigenvalue weighted by molar-refractivity contribution is 6.32. The summed E-state index contributed by atoms with van der Waals surface area (Å²) in [6, 6.07) is 21.0. The molecule has 5 N–H and O–H groups in total. The summed E-state index contributed by atoms with van der Waals surface area (Å²) in [5.41, 5.74) is 4.84. The molecule has 4 heterocycles. The van der Waals surface area contributed by atoms with E-state index in [1.807, 2.05) is 53.4 Å². The molecule has 7 rings (SSSR count). The van der Waals surface area contributed by atoms with Crippen molar-refractivity contribution in [1.29, 1.82) is 0 Å². The van der Waals surface area contributed by atoms with Gasteiger partial charge in [0.25, 0.3) is 0 Å². The van der Waals surface area contributed by atoms with Crippen LogP contribution < -0.4 is 36.2 Å². The summed E-state index contributed by atoms with van der Waals surface area (Å²) in [6.07, 6.45) is 4.24. The molecule has 0 saturated carbocycles. The quantitative estimate of drug-likeness (QED) is 0.117. The van der Waals surface area contributed by atoms with E-state index in [0.29, 0.717) is 79.4 Å². The van der Waals surface area contributed by atoms with Crippen molar-refractivity contribution in [1.82, 2.24) is 25.1 Å². The van der Waals surface area contributed by atoms with Crippen LogP contribution in [0, 0.1) is 0 Å². The highest BCUT2D eigenvalue weighted by Crippen LogP contribution is 2.39. The molecule has 1 unspecified atom stereocenters. The normalized spacial score (nSPS) is 17.8. The summed E-state index contributed by atoms with van der Waals surface area (Å²) in [5, 5.41) is 15.4. The Bertz CT molecular complexity index is 2090. The third kappa shape index (κ3) is 9.91. The number of imide groups is 1. The van der Waals surface area contributed by atoms with Crippen LogP contribution in [0.1, 0.15) is 44.1 Å². The van der Waals surface area contributed by atoms with E-state index in [-0.39, 0.29) is 29.6 Å². The summed E-state index contributed by atoms with van der Waals surface area (Å²) in [6.45, 7) is 5.77. The van der Waals surface area contributed by atoms with Crippen molar-refractivity contribution in [2.75, 3.05) is 79.1 Å².